The second kappa shape index (κ2) is 7.98. The molecule has 0 rings (SSSR count). The summed E-state index contributed by atoms with van der Waals surface area (Å²) in [6.45, 7) is 4.04. The van der Waals surface area contributed by atoms with Crippen LogP contribution in [0.2, 0.25) is 0 Å². The van der Waals surface area contributed by atoms with E-state index in [1.807, 2.05) is 6.92 Å². The van der Waals surface area contributed by atoms with Crippen LogP contribution in [0.25, 0.3) is 0 Å². The van der Waals surface area contributed by atoms with E-state index in [4.69, 9.17) is 9.47 Å². The Morgan fingerprint density at radius 2 is 2.10 bits per heavy atom. The summed E-state index contributed by atoms with van der Waals surface area (Å²) in [5.74, 6) is 0. The largest absolute Gasteiger partial charge is 0.379 e. The Hall–Kier alpha value is 0.880. The van der Waals surface area contributed by atoms with Gasteiger partial charge in [0, 0.05) is 11.9 Å². The average Bonchev–Trinajstić information content (AvgIpc) is 1.98. The highest BCUT2D eigenvalue weighted by Gasteiger charge is 1.98. The van der Waals surface area contributed by atoms with Crippen LogP contribution in [0.1, 0.15) is 6.92 Å². The van der Waals surface area contributed by atoms with Crippen molar-refractivity contribution in [3.8, 4) is 0 Å². The van der Waals surface area contributed by atoms with Crippen molar-refractivity contribution in [1.82, 2.24) is 0 Å². The number of hydrogen-bond donors (Lipinski definition) is 0. The molecule has 0 aromatic rings. The molecule has 0 amide bonds. The molecule has 0 spiro atoms. The van der Waals surface area contributed by atoms with Gasteiger partial charge in [0.15, 0.2) is 0 Å². The van der Waals surface area contributed by atoms with Gasteiger partial charge in [0.25, 0.3) is 0 Å². The Kier molecular flexibility index (Phi) is 8.68. The fraction of sp³-hybridized carbons (Fsp3) is 1.00. The molecular weight excluding hydrogens is 264 g/mol. The summed E-state index contributed by atoms with van der Waals surface area (Å²) in [4.78, 5) is 0. The predicted octanol–water partition coefficient (Wildman–Crippen LogP) is 2.16. The Labute approximate surface area is 78.5 Å². The zero-order chi connectivity index (χ0) is 7.82. The van der Waals surface area contributed by atoms with Crippen LogP contribution in [-0.2, 0) is 9.47 Å². The molecule has 1 atom stereocenters. The van der Waals surface area contributed by atoms with Crippen LogP contribution < -0.4 is 0 Å². The molecule has 0 bridgehead atoms. The standard InChI is InChI=1S/C6H12Br2O2/c1-2-9-3-4-10-6(8)5-7/h6H,2-5H2,1H3. The van der Waals surface area contributed by atoms with Crippen molar-refractivity contribution in [3.05, 3.63) is 0 Å². The molecule has 0 aromatic carbocycles. The van der Waals surface area contributed by atoms with E-state index in [0.29, 0.717) is 13.2 Å². The number of rotatable bonds is 6. The fourth-order valence-corrected chi connectivity index (χ4v) is 0.798. The molecule has 0 fully saturated rings. The molecular formula is C6H12Br2O2. The molecule has 0 aliphatic rings. The van der Waals surface area contributed by atoms with Gasteiger partial charge in [0.1, 0.15) is 5.01 Å². The maximum absolute atomic E-state index is 5.24. The van der Waals surface area contributed by atoms with E-state index >= 15 is 0 Å². The molecule has 1 unspecified atom stereocenters. The van der Waals surface area contributed by atoms with Crippen molar-refractivity contribution >= 4 is 31.9 Å². The second-order valence-electron chi connectivity index (χ2n) is 1.63. The first kappa shape index (κ1) is 10.9. The predicted molar refractivity (Wildman–Crippen MR) is 49.0 cm³/mol. The zero-order valence-corrected chi connectivity index (χ0v) is 9.15. The minimum absolute atomic E-state index is 0.105. The van der Waals surface area contributed by atoms with Gasteiger partial charge in [-0.05, 0) is 6.92 Å². The summed E-state index contributed by atoms with van der Waals surface area (Å²) in [7, 11) is 0. The molecule has 0 heterocycles. The van der Waals surface area contributed by atoms with Crippen LogP contribution >= 0.6 is 31.9 Å². The summed E-state index contributed by atoms with van der Waals surface area (Å²) < 4.78 is 10.3. The highest BCUT2D eigenvalue weighted by Crippen LogP contribution is 2.04. The summed E-state index contributed by atoms with van der Waals surface area (Å²) in [5, 5.41) is 0.909. The lowest BCUT2D eigenvalue weighted by Gasteiger charge is -2.07. The molecule has 4 heteroatoms. The van der Waals surface area contributed by atoms with Crippen LogP contribution in [0.4, 0.5) is 0 Å². The highest BCUT2D eigenvalue weighted by atomic mass is 79.9. The third-order valence-electron chi connectivity index (χ3n) is 0.852. The minimum Gasteiger partial charge on any atom is -0.379 e. The summed E-state index contributed by atoms with van der Waals surface area (Å²) in [5.41, 5.74) is 0. The maximum atomic E-state index is 5.24. The van der Waals surface area contributed by atoms with E-state index in [0.717, 1.165) is 11.9 Å². The van der Waals surface area contributed by atoms with Crippen LogP contribution in [0.3, 0.4) is 0 Å². The van der Waals surface area contributed by atoms with Crippen molar-refractivity contribution in [2.45, 2.75) is 11.9 Å². The summed E-state index contributed by atoms with van der Waals surface area (Å²) in [6.07, 6.45) is 0. The van der Waals surface area contributed by atoms with Gasteiger partial charge in [-0.3, -0.25) is 0 Å². The monoisotopic (exact) mass is 274 g/mol. The molecule has 0 aliphatic heterocycles. The molecule has 10 heavy (non-hydrogen) atoms. The van der Waals surface area contributed by atoms with E-state index in [1.165, 1.54) is 0 Å². The van der Waals surface area contributed by atoms with Gasteiger partial charge >= 0.3 is 0 Å². The average molecular weight is 276 g/mol. The summed E-state index contributed by atoms with van der Waals surface area (Å²) in [6, 6.07) is 0. The Morgan fingerprint density at radius 3 is 2.60 bits per heavy atom. The lowest BCUT2D eigenvalue weighted by atomic mass is 10.7. The zero-order valence-electron chi connectivity index (χ0n) is 5.98. The van der Waals surface area contributed by atoms with Crippen molar-refractivity contribution in [2.24, 2.45) is 0 Å². The lowest BCUT2D eigenvalue weighted by Crippen LogP contribution is -2.11. The Balaban J connectivity index is 2.89. The quantitative estimate of drug-likeness (QED) is 0.546. The topological polar surface area (TPSA) is 18.5 Å². The first-order chi connectivity index (χ1) is 4.81. The maximum Gasteiger partial charge on any atom is 0.122 e. The van der Waals surface area contributed by atoms with Gasteiger partial charge in [-0.1, -0.05) is 31.9 Å². The molecule has 0 aliphatic carbocycles. The van der Waals surface area contributed by atoms with Crippen molar-refractivity contribution in [2.75, 3.05) is 25.2 Å². The molecule has 2 nitrogen and oxygen atoms in total. The van der Waals surface area contributed by atoms with Crippen LogP contribution in [0, 0.1) is 0 Å². The number of ether oxygens (including phenoxy) is 2. The van der Waals surface area contributed by atoms with Crippen LogP contribution in [-0.4, -0.2) is 30.2 Å². The van der Waals surface area contributed by atoms with Crippen LogP contribution in [0.5, 0.6) is 0 Å². The van der Waals surface area contributed by atoms with Gasteiger partial charge < -0.3 is 9.47 Å². The SMILES string of the molecule is CCOCCOC(Br)CBr. The first-order valence-corrected chi connectivity index (χ1v) is 5.24. The third kappa shape index (κ3) is 6.99. The van der Waals surface area contributed by atoms with E-state index < -0.39 is 0 Å². The smallest absolute Gasteiger partial charge is 0.122 e. The van der Waals surface area contributed by atoms with Gasteiger partial charge in [0.05, 0.1) is 13.2 Å². The molecule has 0 N–H and O–H groups in total. The summed E-state index contributed by atoms with van der Waals surface area (Å²) >= 11 is 6.58. The van der Waals surface area contributed by atoms with Gasteiger partial charge in [-0.2, -0.15) is 0 Å². The Bertz CT molecular complexity index is 70.8. The van der Waals surface area contributed by atoms with E-state index in [2.05, 4.69) is 31.9 Å². The van der Waals surface area contributed by atoms with Crippen molar-refractivity contribution in [3.63, 3.8) is 0 Å². The van der Waals surface area contributed by atoms with Gasteiger partial charge in [0.2, 0.25) is 0 Å². The fourth-order valence-electron chi connectivity index (χ4n) is 0.424. The van der Waals surface area contributed by atoms with E-state index in [1.54, 1.807) is 0 Å². The minimum atomic E-state index is 0.105. The third-order valence-corrected chi connectivity index (χ3v) is 2.90. The second-order valence-corrected chi connectivity index (χ2v) is 3.30. The number of hydrogen-bond acceptors (Lipinski definition) is 2. The first-order valence-electron chi connectivity index (χ1n) is 3.20. The molecule has 0 aromatic heterocycles. The van der Waals surface area contributed by atoms with Gasteiger partial charge in [-0.25, -0.2) is 0 Å². The highest BCUT2D eigenvalue weighted by molar-refractivity contribution is 9.12. The lowest BCUT2D eigenvalue weighted by molar-refractivity contribution is 0.0509. The van der Waals surface area contributed by atoms with Gasteiger partial charge in [-0.15, -0.1) is 0 Å². The molecule has 62 valence electrons. The normalized spacial score (nSPS) is 13.5. The molecule has 0 radical (unpaired) electrons. The van der Waals surface area contributed by atoms with Crippen molar-refractivity contribution in [1.29, 1.82) is 0 Å². The van der Waals surface area contributed by atoms with Crippen LogP contribution in [0.15, 0.2) is 0 Å². The molecule has 0 saturated heterocycles. The molecule has 0 saturated carbocycles. The van der Waals surface area contributed by atoms with E-state index in [-0.39, 0.29) is 5.01 Å². The number of alkyl halides is 2. The van der Waals surface area contributed by atoms with Crippen molar-refractivity contribution < 1.29 is 9.47 Å². The van der Waals surface area contributed by atoms with E-state index in [9.17, 15) is 0 Å². The number of halogens is 2. The Morgan fingerprint density at radius 1 is 1.40 bits per heavy atom.